The second-order valence-electron chi connectivity index (χ2n) is 10.6. The average Bonchev–Trinajstić information content (AvgIpc) is 3.51. The van der Waals surface area contributed by atoms with Crippen LogP contribution in [0.4, 0.5) is 5.69 Å². The highest BCUT2D eigenvalue weighted by molar-refractivity contribution is 7.92. The van der Waals surface area contributed by atoms with E-state index >= 15 is 0 Å². The van der Waals surface area contributed by atoms with E-state index in [4.69, 9.17) is 4.74 Å². The van der Waals surface area contributed by atoms with Crippen molar-refractivity contribution in [2.24, 2.45) is 0 Å². The molecule has 9 heteroatoms. The van der Waals surface area contributed by atoms with Crippen molar-refractivity contribution >= 4 is 27.5 Å². The monoisotopic (exact) mass is 591 g/mol. The van der Waals surface area contributed by atoms with Crippen LogP contribution in [0.2, 0.25) is 0 Å². The van der Waals surface area contributed by atoms with Crippen LogP contribution in [0.5, 0.6) is 5.75 Å². The number of carbonyl (C=O) groups excluding carboxylic acids is 2. The molecule has 42 heavy (non-hydrogen) atoms. The van der Waals surface area contributed by atoms with Crippen molar-refractivity contribution in [2.75, 3.05) is 17.5 Å². The highest BCUT2D eigenvalue weighted by Crippen LogP contribution is 2.27. The van der Waals surface area contributed by atoms with E-state index in [1.807, 2.05) is 45.0 Å². The van der Waals surface area contributed by atoms with Crippen molar-refractivity contribution in [3.05, 3.63) is 90.0 Å². The SMILES string of the molecule is CCOc1ccc(N(CC(=O)N(Cc2ccccc2C)[C@H](CC)C(=O)NC2CCCC2)S(=O)(=O)c2ccccc2)cc1. The largest absolute Gasteiger partial charge is 0.494 e. The molecular weight excluding hydrogens is 550 g/mol. The van der Waals surface area contributed by atoms with E-state index in [2.05, 4.69) is 5.32 Å². The maximum atomic E-state index is 14.2. The minimum Gasteiger partial charge on any atom is -0.494 e. The zero-order valence-corrected chi connectivity index (χ0v) is 25.5. The molecule has 0 unspecified atom stereocenters. The fraction of sp³-hybridized carbons (Fsp3) is 0.394. The van der Waals surface area contributed by atoms with Crippen molar-refractivity contribution < 1.29 is 22.7 Å². The highest BCUT2D eigenvalue weighted by atomic mass is 32.2. The summed E-state index contributed by atoms with van der Waals surface area (Å²) in [6.45, 7) is 5.90. The van der Waals surface area contributed by atoms with E-state index in [1.165, 1.54) is 17.0 Å². The zero-order chi connectivity index (χ0) is 30.1. The molecule has 2 amide bonds. The van der Waals surface area contributed by atoms with Crippen LogP contribution in [0, 0.1) is 6.92 Å². The van der Waals surface area contributed by atoms with Crippen molar-refractivity contribution in [3.8, 4) is 5.75 Å². The Morgan fingerprint density at radius 1 is 0.929 bits per heavy atom. The normalized spacial score (nSPS) is 14.3. The van der Waals surface area contributed by atoms with Gasteiger partial charge in [-0.05, 0) is 80.6 Å². The molecular formula is C33H41N3O5S. The smallest absolute Gasteiger partial charge is 0.264 e. The number of hydrogen-bond donors (Lipinski definition) is 1. The molecule has 1 aliphatic carbocycles. The lowest BCUT2D eigenvalue weighted by atomic mass is 10.1. The summed E-state index contributed by atoms with van der Waals surface area (Å²) in [6, 6.07) is 21.8. The molecule has 1 N–H and O–H groups in total. The summed E-state index contributed by atoms with van der Waals surface area (Å²) < 4.78 is 34.6. The number of anilines is 1. The van der Waals surface area contributed by atoms with Gasteiger partial charge >= 0.3 is 0 Å². The van der Waals surface area contributed by atoms with Crippen molar-refractivity contribution in [1.29, 1.82) is 0 Å². The molecule has 4 rings (SSSR count). The summed E-state index contributed by atoms with van der Waals surface area (Å²) >= 11 is 0. The number of ether oxygens (including phenoxy) is 1. The third-order valence-electron chi connectivity index (χ3n) is 7.74. The van der Waals surface area contributed by atoms with Crippen molar-refractivity contribution in [2.45, 2.75) is 76.4 Å². The van der Waals surface area contributed by atoms with E-state index in [0.717, 1.165) is 41.1 Å². The van der Waals surface area contributed by atoms with Crippen molar-refractivity contribution in [3.63, 3.8) is 0 Å². The maximum Gasteiger partial charge on any atom is 0.264 e. The summed E-state index contributed by atoms with van der Waals surface area (Å²) in [7, 11) is -4.12. The Bertz CT molecular complexity index is 1440. The summed E-state index contributed by atoms with van der Waals surface area (Å²) in [6.07, 6.45) is 4.39. The Kier molecular flexibility index (Phi) is 10.6. The Labute approximate surface area is 249 Å². The van der Waals surface area contributed by atoms with Crippen LogP contribution in [0.1, 0.15) is 57.1 Å². The lowest BCUT2D eigenvalue weighted by Crippen LogP contribution is -2.53. The fourth-order valence-corrected chi connectivity index (χ4v) is 6.82. The third kappa shape index (κ3) is 7.50. The van der Waals surface area contributed by atoms with Gasteiger partial charge in [-0.25, -0.2) is 8.42 Å². The Morgan fingerprint density at radius 2 is 1.57 bits per heavy atom. The molecule has 0 aromatic heterocycles. The van der Waals surface area contributed by atoms with Gasteiger partial charge in [0.2, 0.25) is 11.8 Å². The molecule has 0 spiro atoms. The quantitative estimate of drug-likeness (QED) is 0.285. The predicted octanol–water partition coefficient (Wildman–Crippen LogP) is 5.46. The first-order valence-corrected chi connectivity index (χ1v) is 16.1. The van der Waals surface area contributed by atoms with Gasteiger partial charge in [-0.15, -0.1) is 0 Å². The van der Waals surface area contributed by atoms with Gasteiger partial charge in [-0.1, -0.05) is 62.2 Å². The molecule has 3 aromatic rings. The predicted molar refractivity (Wildman–Crippen MR) is 165 cm³/mol. The standard InChI is InChI=1S/C33H41N3O5S/c1-4-31(33(38)34-27-15-11-12-16-27)35(23-26-14-10-9-13-25(26)3)32(37)24-36(28-19-21-29(22-20-28)41-5-2)42(39,40)30-17-7-6-8-18-30/h6-10,13-14,17-22,27,31H,4-5,11-12,15-16,23-24H2,1-3H3,(H,34,38)/t31-/m1/s1. The van der Waals surface area contributed by atoms with Gasteiger partial charge in [-0.3, -0.25) is 13.9 Å². The molecule has 1 fully saturated rings. The van der Waals surface area contributed by atoms with E-state index in [-0.39, 0.29) is 23.4 Å². The molecule has 0 aliphatic heterocycles. The number of rotatable bonds is 13. The molecule has 1 aliphatic rings. The topological polar surface area (TPSA) is 96.0 Å². The first kappa shape index (κ1) is 31.1. The van der Waals surface area contributed by atoms with Gasteiger partial charge in [0.1, 0.15) is 18.3 Å². The molecule has 1 saturated carbocycles. The Hall–Kier alpha value is -3.85. The van der Waals surface area contributed by atoms with Crippen LogP contribution in [-0.4, -0.2) is 50.4 Å². The maximum absolute atomic E-state index is 14.2. The second kappa shape index (κ2) is 14.4. The van der Waals surface area contributed by atoms with E-state index < -0.39 is 28.5 Å². The molecule has 0 radical (unpaired) electrons. The Balaban J connectivity index is 1.71. The third-order valence-corrected chi connectivity index (χ3v) is 9.52. The molecule has 0 saturated heterocycles. The Morgan fingerprint density at radius 3 is 2.19 bits per heavy atom. The number of benzene rings is 3. The van der Waals surface area contributed by atoms with Crippen LogP contribution in [-0.2, 0) is 26.2 Å². The van der Waals surface area contributed by atoms with Crippen LogP contribution < -0.4 is 14.4 Å². The van der Waals surface area contributed by atoms with Gasteiger partial charge in [0.15, 0.2) is 0 Å². The number of sulfonamides is 1. The van der Waals surface area contributed by atoms with Gasteiger partial charge in [0, 0.05) is 12.6 Å². The minimum absolute atomic E-state index is 0.0724. The van der Waals surface area contributed by atoms with Gasteiger partial charge in [-0.2, -0.15) is 0 Å². The number of nitrogens with zero attached hydrogens (tertiary/aromatic N) is 2. The van der Waals surface area contributed by atoms with Gasteiger partial charge in [0.05, 0.1) is 17.2 Å². The lowest BCUT2D eigenvalue weighted by Gasteiger charge is -2.34. The molecule has 3 aromatic carbocycles. The minimum atomic E-state index is -4.12. The van der Waals surface area contributed by atoms with Crippen LogP contribution >= 0.6 is 0 Å². The second-order valence-corrected chi connectivity index (χ2v) is 12.5. The number of aryl methyl sites for hydroxylation is 1. The highest BCUT2D eigenvalue weighted by Gasteiger charge is 2.34. The average molecular weight is 592 g/mol. The van der Waals surface area contributed by atoms with Crippen LogP contribution in [0.3, 0.4) is 0 Å². The summed E-state index contributed by atoms with van der Waals surface area (Å²) in [4.78, 5) is 29.4. The summed E-state index contributed by atoms with van der Waals surface area (Å²) in [5.74, 6) is -0.0645. The number of nitrogens with one attached hydrogen (secondary N) is 1. The number of hydrogen-bond acceptors (Lipinski definition) is 5. The molecule has 8 nitrogen and oxygen atoms in total. The van der Waals surface area contributed by atoms with Gasteiger partial charge in [0.25, 0.3) is 10.0 Å². The molecule has 1 atom stereocenters. The van der Waals surface area contributed by atoms with E-state index in [9.17, 15) is 18.0 Å². The van der Waals surface area contributed by atoms with Gasteiger partial charge < -0.3 is 15.0 Å². The van der Waals surface area contributed by atoms with Crippen LogP contribution in [0.15, 0.2) is 83.8 Å². The molecule has 0 bridgehead atoms. The summed E-state index contributed by atoms with van der Waals surface area (Å²) in [5, 5.41) is 3.15. The molecule has 224 valence electrons. The number of carbonyl (C=O) groups is 2. The van der Waals surface area contributed by atoms with E-state index in [0.29, 0.717) is 24.5 Å². The first-order valence-electron chi connectivity index (χ1n) is 14.7. The first-order chi connectivity index (χ1) is 20.2. The zero-order valence-electron chi connectivity index (χ0n) is 24.7. The lowest BCUT2D eigenvalue weighted by molar-refractivity contribution is -0.140. The van der Waals surface area contributed by atoms with Crippen molar-refractivity contribution in [1.82, 2.24) is 10.2 Å². The molecule has 0 heterocycles. The van der Waals surface area contributed by atoms with Crippen LogP contribution in [0.25, 0.3) is 0 Å². The number of amides is 2. The summed E-state index contributed by atoms with van der Waals surface area (Å²) in [5.41, 5.74) is 2.22. The van der Waals surface area contributed by atoms with E-state index in [1.54, 1.807) is 42.5 Å². The fourth-order valence-electron chi connectivity index (χ4n) is 5.38.